The SMILES string of the molecule is CCOC(=O)CC[Si](C)(C)F. The van der Waals surface area contributed by atoms with Gasteiger partial charge in [0.1, 0.15) is 0 Å². The summed E-state index contributed by atoms with van der Waals surface area (Å²) < 4.78 is 17.6. The molecule has 0 atom stereocenters. The highest BCUT2D eigenvalue weighted by Gasteiger charge is 2.21. The Balaban J connectivity index is 3.46. The Morgan fingerprint density at radius 1 is 1.55 bits per heavy atom. The van der Waals surface area contributed by atoms with E-state index in [9.17, 15) is 8.90 Å². The average Bonchev–Trinajstić information content (AvgIpc) is 1.83. The molecule has 0 saturated heterocycles. The van der Waals surface area contributed by atoms with Crippen LogP contribution in [0.4, 0.5) is 4.11 Å². The Hall–Kier alpha value is -0.383. The van der Waals surface area contributed by atoms with Crippen molar-refractivity contribution in [3.05, 3.63) is 0 Å². The van der Waals surface area contributed by atoms with Gasteiger partial charge >= 0.3 is 5.97 Å². The largest absolute Gasteiger partial charge is 0.466 e. The maximum atomic E-state index is 12.9. The molecule has 0 aromatic rings. The van der Waals surface area contributed by atoms with Gasteiger partial charge in [0.2, 0.25) is 8.41 Å². The fourth-order valence-electron chi connectivity index (χ4n) is 0.632. The number of carbonyl (C=O) groups is 1. The molecule has 0 amide bonds. The normalized spacial score (nSPS) is 11.3. The molecule has 0 unspecified atom stereocenters. The molecule has 0 aliphatic heterocycles. The molecule has 0 N–H and O–H groups in total. The van der Waals surface area contributed by atoms with Crippen molar-refractivity contribution >= 4 is 14.4 Å². The molecule has 0 aliphatic carbocycles. The monoisotopic (exact) mass is 178 g/mol. The molecular weight excluding hydrogens is 163 g/mol. The van der Waals surface area contributed by atoms with Crippen molar-refractivity contribution in [2.75, 3.05) is 6.61 Å². The smallest absolute Gasteiger partial charge is 0.305 e. The van der Waals surface area contributed by atoms with E-state index in [1.807, 2.05) is 0 Å². The van der Waals surface area contributed by atoms with Gasteiger partial charge in [0.25, 0.3) is 0 Å². The Labute approximate surface area is 67.9 Å². The number of hydrogen-bond acceptors (Lipinski definition) is 2. The van der Waals surface area contributed by atoms with Crippen molar-refractivity contribution in [3.63, 3.8) is 0 Å². The number of hydrogen-bond donors (Lipinski definition) is 0. The van der Waals surface area contributed by atoms with Gasteiger partial charge in [-0.15, -0.1) is 0 Å². The fourth-order valence-corrected chi connectivity index (χ4v) is 1.43. The van der Waals surface area contributed by atoms with Crippen LogP contribution in [-0.4, -0.2) is 21.0 Å². The number of rotatable bonds is 4. The third-order valence-corrected chi connectivity index (χ3v) is 2.67. The molecule has 0 saturated carbocycles. The lowest BCUT2D eigenvalue weighted by molar-refractivity contribution is -0.142. The predicted octanol–water partition coefficient (Wildman–Crippen LogP) is 2.11. The first-order valence-corrected chi connectivity index (χ1v) is 6.89. The van der Waals surface area contributed by atoms with Gasteiger partial charge < -0.3 is 8.84 Å². The van der Waals surface area contributed by atoms with E-state index in [2.05, 4.69) is 4.74 Å². The summed E-state index contributed by atoms with van der Waals surface area (Å²) in [6.45, 7) is 5.31. The summed E-state index contributed by atoms with van der Waals surface area (Å²) in [5.41, 5.74) is 0. The van der Waals surface area contributed by atoms with Gasteiger partial charge in [0.05, 0.1) is 6.61 Å². The number of esters is 1. The Bertz CT molecular complexity index is 131. The summed E-state index contributed by atoms with van der Waals surface area (Å²) in [5, 5.41) is 0. The number of halogens is 1. The highest BCUT2D eigenvalue weighted by atomic mass is 28.4. The van der Waals surface area contributed by atoms with Crippen LogP contribution in [0.3, 0.4) is 0 Å². The van der Waals surface area contributed by atoms with Crippen molar-refractivity contribution in [3.8, 4) is 0 Å². The number of ether oxygens (including phenoxy) is 1. The lowest BCUT2D eigenvalue weighted by atomic mass is 10.5. The van der Waals surface area contributed by atoms with Crippen molar-refractivity contribution in [1.29, 1.82) is 0 Å². The summed E-state index contributed by atoms with van der Waals surface area (Å²) in [6.07, 6.45) is 0.226. The lowest BCUT2D eigenvalue weighted by Gasteiger charge is -2.09. The van der Waals surface area contributed by atoms with Crippen LogP contribution in [0.1, 0.15) is 13.3 Å². The van der Waals surface area contributed by atoms with Gasteiger partial charge in [-0.2, -0.15) is 0 Å². The minimum atomic E-state index is -2.55. The third kappa shape index (κ3) is 7.51. The Morgan fingerprint density at radius 3 is 2.45 bits per heavy atom. The van der Waals surface area contributed by atoms with E-state index in [-0.39, 0.29) is 12.4 Å². The first-order valence-electron chi connectivity index (χ1n) is 3.80. The summed E-state index contributed by atoms with van der Waals surface area (Å²) in [6, 6.07) is 0.367. The van der Waals surface area contributed by atoms with Crippen LogP contribution in [0, 0.1) is 0 Å². The zero-order valence-corrected chi connectivity index (χ0v) is 8.32. The molecule has 0 aliphatic rings. The molecule has 2 nitrogen and oxygen atoms in total. The highest BCUT2D eigenvalue weighted by Crippen LogP contribution is 2.13. The van der Waals surface area contributed by atoms with Crippen molar-refractivity contribution in [2.45, 2.75) is 32.5 Å². The summed E-state index contributed by atoms with van der Waals surface area (Å²) in [7, 11) is -2.55. The first-order chi connectivity index (χ1) is 4.95. The minimum absolute atomic E-state index is 0.226. The van der Waals surface area contributed by atoms with E-state index in [0.717, 1.165) is 0 Å². The zero-order valence-electron chi connectivity index (χ0n) is 7.32. The minimum Gasteiger partial charge on any atom is -0.466 e. The topological polar surface area (TPSA) is 26.3 Å². The van der Waals surface area contributed by atoms with Crippen LogP contribution >= 0.6 is 0 Å². The highest BCUT2D eigenvalue weighted by molar-refractivity contribution is 6.70. The van der Waals surface area contributed by atoms with Crippen molar-refractivity contribution in [1.82, 2.24) is 0 Å². The molecular formula is C7H15FO2Si. The molecule has 0 bridgehead atoms. The average molecular weight is 178 g/mol. The quantitative estimate of drug-likeness (QED) is 0.374. The van der Waals surface area contributed by atoms with Crippen LogP contribution < -0.4 is 0 Å². The van der Waals surface area contributed by atoms with Crippen LogP contribution in [0.25, 0.3) is 0 Å². The predicted molar refractivity (Wildman–Crippen MR) is 44.6 cm³/mol. The van der Waals surface area contributed by atoms with Gasteiger partial charge in [-0.3, -0.25) is 4.79 Å². The maximum Gasteiger partial charge on any atom is 0.305 e. The van der Waals surface area contributed by atoms with Gasteiger partial charge in [-0.05, 0) is 26.1 Å². The summed E-state index contributed by atoms with van der Waals surface area (Å²) in [5.74, 6) is -0.286. The second kappa shape index (κ2) is 4.49. The molecule has 66 valence electrons. The van der Waals surface area contributed by atoms with E-state index in [1.54, 1.807) is 20.0 Å². The van der Waals surface area contributed by atoms with Crippen molar-refractivity contribution < 1.29 is 13.6 Å². The van der Waals surface area contributed by atoms with E-state index in [1.165, 1.54) is 0 Å². The lowest BCUT2D eigenvalue weighted by Crippen LogP contribution is -2.19. The molecule has 0 aromatic heterocycles. The van der Waals surface area contributed by atoms with Gasteiger partial charge in [0.15, 0.2) is 0 Å². The van der Waals surface area contributed by atoms with Crippen LogP contribution in [0.2, 0.25) is 19.1 Å². The molecule has 0 spiro atoms. The standard InChI is InChI=1S/C7H15FO2Si/c1-4-10-7(9)5-6-11(2,3)8/h4-6H2,1-3H3. The second-order valence-corrected chi connectivity index (χ2v) is 6.96. The van der Waals surface area contributed by atoms with Crippen LogP contribution in [-0.2, 0) is 9.53 Å². The first kappa shape index (κ1) is 10.6. The molecule has 4 heteroatoms. The maximum absolute atomic E-state index is 12.9. The van der Waals surface area contributed by atoms with E-state index < -0.39 is 8.41 Å². The van der Waals surface area contributed by atoms with E-state index in [0.29, 0.717) is 12.7 Å². The van der Waals surface area contributed by atoms with Gasteiger partial charge in [-0.25, -0.2) is 0 Å². The molecule has 0 aromatic carbocycles. The molecule has 0 heterocycles. The summed E-state index contributed by atoms with van der Waals surface area (Å²) >= 11 is 0. The molecule has 11 heavy (non-hydrogen) atoms. The van der Waals surface area contributed by atoms with Crippen molar-refractivity contribution in [2.24, 2.45) is 0 Å². The van der Waals surface area contributed by atoms with Gasteiger partial charge in [-0.1, -0.05) is 0 Å². The van der Waals surface area contributed by atoms with E-state index in [4.69, 9.17) is 0 Å². The van der Waals surface area contributed by atoms with E-state index >= 15 is 0 Å². The zero-order chi connectivity index (χ0) is 8.91. The molecule has 0 radical (unpaired) electrons. The molecule has 0 rings (SSSR count). The summed E-state index contributed by atoms with van der Waals surface area (Å²) in [4.78, 5) is 10.7. The van der Waals surface area contributed by atoms with Crippen LogP contribution in [0.15, 0.2) is 0 Å². The van der Waals surface area contributed by atoms with Crippen LogP contribution in [0.5, 0.6) is 0 Å². The molecule has 0 fully saturated rings. The Morgan fingerprint density at radius 2 is 2.09 bits per heavy atom. The third-order valence-electron chi connectivity index (χ3n) is 1.23. The fraction of sp³-hybridized carbons (Fsp3) is 0.857. The number of carbonyl (C=O) groups excluding carboxylic acids is 1. The Kier molecular flexibility index (Phi) is 4.33. The second-order valence-electron chi connectivity index (χ2n) is 3.02. The van der Waals surface area contributed by atoms with Gasteiger partial charge in [0, 0.05) is 6.42 Å².